The standard InChI is InChI=1S/C12H10BrClN4O2/c13-9-2-1-7(3-10(9)14)12(20)17-8-4-16-18(5-8)6-11(15)19/h1-5H,6H2,(H2,15,19)(H,17,20). The molecule has 1 aromatic heterocycles. The molecule has 1 aromatic carbocycles. The van der Waals surface area contributed by atoms with Crippen LogP contribution in [0.1, 0.15) is 10.4 Å². The van der Waals surface area contributed by atoms with Gasteiger partial charge in [-0.15, -0.1) is 0 Å². The first-order chi connectivity index (χ1) is 9.45. The van der Waals surface area contributed by atoms with Gasteiger partial charge in [0.15, 0.2) is 0 Å². The molecule has 0 aliphatic heterocycles. The van der Waals surface area contributed by atoms with Gasteiger partial charge in [0.2, 0.25) is 5.91 Å². The maximum absolute atomic E-state index is 12.0. The Labute approximate surface area is 128 Å². The van der Waals surface area contributed by atoms with Crippen molar-refractivity contribution in [1.29, 1.82) is 0 Å². The summed E-state index contributed by atoms with van der Waals surface area (Å²) in [5.74, 6) is -0.830. The highest BCUT2D eigenvalue weighted by Gasteiger charge is 2.10. The Kier molecular flexibility index (Phi) is 4.41. The Morgan fingerprint density at radius 2 is 2.20 bits per heavy atom. The number of anilines is 1. The molecular formula is C12H10BrClN4O2. The fourth-order valence-corrected chi connectivity index (χ4v) is 1.94. The molecule has 1 heterocycles. The minimum atomic E-state index is -0.509. The van der Waals surface area contributed by atoms with Gasteiger partial charge < -0.3 is 11.1 Å². The second-order valence-corrected chi connectivity index (χ2v) is 5.24. The number of hydrogen-bond acceptors (Lipinski definition) is 3. The molecule has 20 heavy (non-hydrogen) atoms. The summed E-state index contributed by atoms with van der Waals surface area (Å²) >= 11 is 9.18. The molecule has 0 aliphatic carbocycles. The van der Waals surface area contributed by atoms with Gasteiger partial charge in [0.05, 0.1) is 16.9 Å². The third-order valence-corrected chi connectivity index (χ3v) is 3.62. The summed E-state index contributed by atoms with van der Waals surface area (Å²) in [6, 6.07) is 4.88. The number of primary amides is 1. The molecule has 6 nitrogen and oxygen atoms in total. The zero-order valence-electron chi connectivity index (χ0n) is 10.1. The van der Waals surface area contributed by atoms with E-state index in [9.17, 15) is 9.59 Å². The summed E-state index contributed by atoms with van der Waals surface area (Å²) < 4.78 is 2.05. The van der Waals surface area contributed by atoms with Crippen LogP contribution in [-0.4, -0.2) is 21.6 Å². The highest BCUT2D eigenvalue weighted by Crippen LogP contribution is 2.23. The van der Waals surface area contributed by atoms with Crippen LogP contribution in [0.15, 0.2) is 35.1 Å². The van der Waals surface area contributed by atoms with E-state index in [-0.39, 0.29) is 12.5 Å². The van der Waals surface area contributed by atoms with Gasteiger partial charge in [-0.2, -0.15) is 5.10 Å². The van der Waals surface area contributed by atoms with Crippen molar-refractivity contribution < 1.29 is 9.59 Å². The number of nitrogens with zero attached hydrogens (tertiary/aromatic N) is 2. The van der Waals surface area contributed by atoms with Crippen LogP contribution in [0.2, 0.25) is 5.02 Å². The molecule has 0 spiro atoms. The maximum atomic E-state index is 12.0. The number of halogens is 2. The molecule has 104 valence electrons. The van der Waals surface area contributed by atoms with E-state index < -0.39 is 5.91 Å². The normalized spacial score (nSPS) is 10.3. The lowest BCUT2D eigenvalue weighted by Crippen LogP contribution is -2.18. The van der Waals surface area contributed by atoms with Crippen molar-refractivity contribution in [3.05, 3.63) is 45.7 Å². The molecule has 2 aromatic rings. The molecule has 0 bridgehead atoms. The van der Waals surface area contributed by atoms with Gasteiger partial charge in [-0.05, 0) is 34.1 Å². The predicted molar refractivity (Wildman–Crippen MR) is 78.5 cm³/mol. The third kappa shape index (κ3) is 3.58. The van der Waals surface area contributed by atoms with Crippen molar-refractivity contribution in [2.45, 2.75) is 6.54 Å². The maximum Gasteiger partial charge on any atom is 0.255 e. The van der Waals surface area contributed by atoms with Gasteiger partial charge in [-0.1, -0.05) is 11.6 Å². The molecular weight excluding hydrogens is 348 g/mol. The second-order valence-electron chi connectivity index (χ2n) is 3.98. The fraction of sp³-hybridized carbons (Fsp3) is 0.0833. The van der Waals surface area contributed by atoms with Crippen molar-refractivity contribution in [2.24, 2.45) is 5.73 Å². The van der Waals surface area contributed by atoms with E-state index in [1.54, 1.807) is 18.2 Å². The average Bonchev–Trinajstić information content (AvgIpc) is 2.79. The lowest BCUT2D eigenvalue weighted by Gasteiger charge is -2.03. The number of nitrogens with two attached hydrogens (primary N) is 1. The van der Waals surface area contributed by atoms with Gasteiger partial charge in [-0.25, -0.2) is 0 Å². The lowest BCUT2D eigenvalue weighted by atomic mass is 10.2. The monoisotopic (exact) mass is 356 g/mol. The Morgan fingerprint density at radius 3 is 2.85 bits per heavy atom. The van der Waals surface area contributed by atoms with Crippen LogP contribution >= 0.6 is 27.5 Å². The highest BCUT2D eigenvalue weighted by molar-refractivity contribution is 9.10. The minimum absolute atomic E-state index is 0.0417. The molecule has 0 unspecified atom stereocenters. The van der Waals surface area contributed by atoms with E-state index in [0.717, 1.165) is 0 Å². The van der Waals surface area contributed by atoms with Gasteiger partial charge in [0.25, 0.3) is 5.91 Å². The lowest BCUT2D eigenvalue weighted by molar-refractivity contribution is -0.118. The number of carbonyl (C=O) groups is 2. The first-order valence-electron chi connectivity index (χ1n) is 5.53. The number of aromatic nitrogens is 2. The molecule has 0 aliphatic rings. The summed E-state index contributed by atoms with van der Waals surface area (Å²) in [6.45, 7) is -0.0417. The number of nitrogens with one attached hydrogen (secondary N) is 1. The van der Waals surface area contributed by atoms with Gasteiger partial charge >= 0.3 is 0 Å². The Balaban J connectivity index is 2.09. The molecule has 2 rings (SSSR count). The fourth-order valence-electron chi connectivity index (χ4n) is 1.51. The molecule has 8 heteroatoms. The summed E-state index contributed by atoms with van der Waals surface area (Å²) in [5, 5.41) is 7.00. The predicted octanol–water partition coefficient (Wildman–Crippen LogP) is 2.04. The first-order valence-corrected chi connectivity index (χ1v) is 6.70. The van der Waals surface area contributed by atoms with E-state index in [1.165, 1.54) is 17.1 Å². The average molecular weight is 358 g/mol. The van der Waals surface area contributed by atoms with E-state index in [1.807, 2.05) is 0 Å². The van der Waals surface area contributed by atoms with Crippen molar-refractivity contribution in [1.82, 2.24) is 9.78 Å². The van der Waals surface area contributed by atoms with E-state index >= 15 is 0 Å². The zero-order valence-corrected chi connectivity index (χ0v) is 12.5. The number of rotatable bonds is 4. The van der Waals surface area contributed by atoms with Crippen LogP contribution in [-0.2, 0) is 11.3 Å². The molecule has 0 saturated heterocycles. The molecule has 0 fully saturated rings. The van der Waals surface area contributed by atoms with Crippen molar-refractivity contribution in [3.8, 4) is 0 Å². The van der Waals surface area contributed by atoms with Crippen LogP contribution in [0.3, 0.4) is 0 Å². The SMILES string of the molecule is NC(=O)Cn1cc(NC(=O)c2ccc(Br)c(Cl)c2)cn1. The third-order valence-electron chi connectivity index (χ3n) is 2.39. The molecule has 0 radical (unpaired) electrons. The Hall–Kier alpha value is -1.86. The summed E-state index contributed by atoms with van der Waals surface area (Å²) in [4.78, 5) is 22.7. The van der Waals surface area contributed by atoms with Crippen LogP contribution in [0.4, 0.5) is 5.69 Å². The Morgan fingerprint density at radius 1 is 1.45 bits per heavy atom. The molecule has 0 saturated carbocycles. The summed E-state index contributed by atoms with van der Waals surface area (Å²) in [6.07, 6.45) is 2.95. The number of amides is 2. The molecule has 3 N–H and O–H groups in total. The first kappa shape index (κ1) is 14.5. The number of hydrogen-bond donors (Lipinski definition) is 2. The highest BCUT2D eigenvalue weighted by atomic mass is 79.9. The van der Waals surface area contributed by atoms with Crippen LogP contribution in [0, 0.1) is 0 Å². The second kappa shape index (κ2) is 6.06. The topological polar surface area (TPSA) is 90.0 Å². The van der Waals surface area contributed by atoms with E-state index in [0.29, 0.717) is 20.7 Å². The van der Waals surface area contributed by atoms with Gasteiger partial charge in [-0.3, -0.25) is 14.3 Å². The summed E-state index contributed by atoms with van der Waals surface area (Å²) in [5.41, 5.74) is 5.94. The summed E-state index contributed by atoms with van der Waals surface area (Å²) in [7, 11) is 0. The minimum Gasteiger partial charge on any atom is -0.368 e. The number of benzene rings is 1. The van der Waals surface area contributed by atoms with E-state index in [2.05, 4.69) is 26.3 Å². The van der Waals surface area contributed by atoms with Crippen LogP contribution in [0.25, 0.3) is 0 Å². The zero-order chi connectivity index (χ0) is 14.7. The molecule has 2 amide bonds. The van der Waals surface area contributed by atoms with Crippen LogP contribution < -0.4 is 11.1 Å². The van der Waals surface area contributed by atoms with Gasteiger partial charge in [0, 0.05) is 16.2 Å². The molecule has 0 atom stereocenters. The van der Waals surface area contributed by atoms with Crippen molar-refractivity contribution in [3.63, 3.8) is 0 Å². The van der Waals surface area contributed by atoms with Crippen molar-refractivity contribution in [2.75, 3.05) is 5.32 Å². The van der Waals surface area contributed by atoms with Crippen LogP contribution in [0.5, 0.6) is 0 Å². The largest absolute Gasteiger partial charge is 0.368 e. The Bertz CT molecular complexity index is 671. The van der Waals surface area contributed by atoms with Crippen molar-refractivity contribution >= 4 is 45.0 Å². The van der Waals surface area contributed by atoms with E-state index in [4.69, 9.17) is 17.3 Å². The smallest absolute Gasteiger partial charge is 0.255 e. The quantitative estimate of drug-likeness (QED) is 0.877. The number of carbonyl (C=O) groups excluding carboxylic acids is 2. The van der Waals surface area contributed by atoms with Gasteiger partial charge in [0.1, 0.15) is 6.54 Å².